The first-order valence-electron chi connectivity index (χ1n) is 25.0. The normalized spacial score (nSPS) is 11.0. The summed E-state index contributed by atoms with van der Waals surface area (Å²) in [7, 11) is 0. The maximum absolute atomic E-state index is 15.2. The maximum Gasteiger partial charge on any atom is 0.416 e. The lowest BCUT2D eigenvalue weighted by molar-refractivity contribution is -0.137. The molecule has 0 fully saturated rings. The molecule has 0 spiro atoms. The summed E-state index contributed by atoms with van der Waals surface area (Å²) >= 11 is 0. The molecular formula is C68H30F3N11. The third-order valence-electron chi connectivity index (χ3n) is 14.5. The molecule has 0 radical (unpaired) electrons. The number of rotatable bonds is 7. The predicted octanol–water partition coefficient (Wildman–Crippen LogP) is 15.6. The molecule has 11 nitrogen and oxygen atoms in total. The van der Waals surface area contributed by atoms with Gasteiger partial charge in [-0.3, -0.25) is 4.98 Å². The SMILES string of the molecule is N#Cc1cc(C#N)cc(-c2ccc3c(c2)c2cc(-c4cc(C#N)cc(C#N)c4)ccc2n3-c2ccncc2-c2cc(C(F)(F)F)ccc2-n2c3ccc(-c4cc(C#N)cc(C#N)c4)cc3c3cc(-c4cc(C#N)cc(C#N)c4)ccc32)c1. The number of pyridine rings is 1. The summed E-state index contributed by atoms with van der Waals surface area (Å²) in [5, 5.41) is 82.0. The van der Waals surface area contributed by atoms with E-state index < -0.39 is 11.7 Å². The Morgan fingerprint density at radius 2 is 0.598 bits per heavy atom. The van der Waals surface area contributed by atoms with Gasteiger partial charge < -0.3 is 9.13 Å². The van der Waals surface area contributed by atoms with Gasteiger partial charge in [0.15, 0.2) is 0 Å². The molecule has 0 aliphatic carbocycles. The molecule has 0 unspecified atom stereocenters. The van der Waals surface area contributed by atoms with Crippen LogP contribution in [-0.4, -0.2) is 14.1 Å². The van der Waals surface area contributed by atoms with Crippen molar-refractivity contribution in [3.05, 3.63) is 232 Å². The third-order valence-corrected chi connectivity index (χ3v) is 14.5. The lowest BCUT2D eigenvalue weighted by atomic mass is 9.97. The van der Waals surface area contributed by atoms with Crippen molar-refractivity contribution in [1.82, 2.24) is 14.1 Å². The molecule has 14 heteroatoms. The summed E-state index contributed by atoms with van der Waals surface area (Å²) in [6.07, 6.45) is -1.71. The second kappa shape index (κ2) is 19.8. The van der Waals surface area contributed by atoms with Crippen LogP contribution in [0, 0.1) is 90.6 Å². The number of aromatic nitrogens is 3. The van der Waals surface area contributed by atoms with Crippen LogP contribution in [0.15, 0.2) is 182 Å². The number of nitriles is 8. The number of benzene rings is 9. The standard InChI is InChI=1S/C68H30F3N11/c69-68(70,71)55-5-10-66(81-62-6-1-47(51-17-39(30-72)13-40(18-51)31-73)25-56(62)57-26-48(2-7-63(57)81)52-19-41(32-74)14-42(20-52)33-75)60(29-55)61-38-80-12-11-67(61)82-64-8-3-49(53-21-43(34-76)15-44(22-53)35-77)27-58(64)59-28-50(4-9-65(59)82)54-23-45(36-78)16-46(24-54)37-79/h1-29,38H. The fourth-order valence-electron chi connectivity index (χ4n) is 10.9. The number of hydrogen-bond donors (Lipinski definition) is 0. The summed E-state index contributed by atoms with van der Waals surface area (Å²) in [6.45, 7) is 0. The van der Waals surface area contributed by atoms with Gasteiger partial charge in [0.2, 0.25) is 0 Å². The van der Waals surface area contributed by atoms with Crippen molar-refractivity contribution in [3.8, 4) is 116 Å². The molecular weight excluding hydrogens is 1030 g/mol. The Bertz CT molecular complexity index is 4760. The van der Waals surface area contributed by atoms with Crippen molar-refractivity contribution in [2.45, 2.75) is 6.18 Å². The van der Waals surface area contributed by atoms with Crippen LogP contribution in [0.2, 0.25) is 0 Å². The number of nitrogens with zero attached hydrogens (tertiary/aromatic N) is 11. The maximum atomic E-state index is 15.2. The number of halogens is 3. The zero-order valence-electron chi connectivity index (χ0n) is 42.4. The molecule has 378 valence electrons. The first-order chi connectivity index (χ1) is 39.8. The lowest BCUT2D eigenvalue weighted by Gasteiger charge is -2.20. The minimum atomic E-state index is -4.79. The number of hydrogen-bond acceptors (Lipinski definition) is 9. The molecule has 0 saturated heterocycles. The Morgan fingerprint density at radius 3 is 0.878 bits per heavy atom. The van der Waals surface area contributed by atoms with Gasteiger partial charge in [-0.25, -0.2) is 0 Å². The van der Waals surface area contributed by atoms with Crippen LogP contribution in [0.5, 0.6) is 0 Å². The van der Waals surface area contributed by atoms with Crippen LogP contribution in [0.1, 0.15) is 50.1 Å². The minimum absolute atomic E-state index is 0.156. The summed E-state index contributed by atoms with van der Waals surface area (Å²) in [5.41, 5.74) is 10.0. The van der Waals surface area contributed by atoms with E-state index >= 15 is 13.2 Å². The zero-order valence-corrected chi connectivity index (χ0v) is 42.4. The molecule has 0 aliphatic rings. The highest BCUT2D eigenvalue weighted by Gasteiger charge is 2.33. The Morgan fingerprint density at radius 1 is 0.305 bits per heavy atom. The van der Waals surface area contributed by atoms with E-state index in [2.05, 4.69) is 53.5 Å². The number of alkyl halides is 3. The molecule has 3 heterocycles. The fraction of sp³-hybridized carbons (Fsp3) is 0.0147. The van der Waals surface area contributed by atoms with Gasteiger partial charge in [-0.15, -0.1) is 0 Å². The Labute approximate surface area is 465 Å². The van der Waals surface area contributed by atoms with Crippen molar-refractivity contribution in [2.75, 3.05) is 0 Å². The van der Waals surface area contributed by atoms with E-state index in [1.165, 1.54) is 36.5 Å². The zero-order chi connectivity index (χ0) is 57.0. The van der Waals surface area contributed by atoms with E-state index in [0.717, 1.165) is 12.1 Å². The quantitative estimate of drug-likeness (QED) is 0.148. The Kier molecular flexibility index (Phi) is 12.1. The fourth-order valence-corrected chi connectivity index (χ4v) is 10.9. The molecule has 0 saturated carbocycles. The van der Waals surface area contributed by atoms with Crippen molar-refractivity contribution in [2.24, 2.45) is 0 Å². The molecule has 3 aromatic heterocycles. The van der Waals surface area contributed by atoms with Gasteiger partial charge in [0, 0.05) is 45.1 Å². The monoisotopic (exact) mass is 1060 g/mol. The average molecular weight is 1060 g/mol. The second-order valence-electron chi connectivity index (χ2n) is 19.3. The smallest absolute Gasteiger partial charge is 0.309 e. The highest BCUT2D eigenvalue weighted by atomic mass is 19.4. The van der Waals surface area contributed by atoms with E-state index in [1.807, 2.05) is 81.9 Å². The van der Waals surface area contributed by atoms with Crippen LogP contribution in [0.4, 0.5) is 13.2 Å². The van der Waals surface area contributed by atoms with Crippen molar-refractivity contribution in [3.63, 3.8) is 0 Å². The van der Waals surface area contributed by atoms with Crippen LogP contribution in [0.25, 0.3) is 111 Å². The summed E-state index contributed by atoms with van der Waals surface area (Å²) in [6, 6.07) is 64.1. The molecule has 0 bridgehead atoms. The highest BCUT2D eigenvalue weighted by molar-refractivity contribution is 6.14. The molecule has 0 N–H and O–H groups in total. The van der Waals surface area contributed by atoms with E-state index in [9.17, 15) is 42.1 Å². The number of fused-ring (bicyclic) bond motifs is 6. The van der Waals surface area contributed by atoms with Gasteiger partial charge >= 0.3 is 6.18 Å². The van der Waals surface area contributed by atoms with Gasteiger partial charge in [0.05, 0.1) is 132 Å². The average Bonchev–Trinajstić information content (AvgIpc) is 3.17. The molecule has 9 aromatic carbocycles. The largest absolute Gasteiger partial charge is 0.416 e. The molecule has 12 aromatic rings. The van der Waals surface area contributed by atoms with Crippen LogP contribution < -0.4 is 0 Å². The minimum Gasteiger partial charge on any atom is -0.309 e. The van der Waals surface area contributed by atoms with E-state index in [0.29, 0.717) is 105 Å². The van der Waals surface area contributed by atoms with Crippen molar-refractivity contribution >= 4 is 43.6 Å². The van der Waals surface area contributed by atoms with Gasteiger partial charge in [0.25, 0.3) is 0 Å². The van der Waals surface area contributed by atoms with E-state index in [-0.39, 0.29) is 50.1 Å². The summed E-state index contributed by atoms with van der Waals surface area (Å²) in [4.78, 5) is 4.55. The van der Waals surface area contributed by atoms with Crippen LogP contribution in [0.3, 0.4) is 0 Å². The summed E-state index contributed by atoms with van der Waals surface area (Å²) in [5.74, 6) is 0. The summed E-state index contributed by atoms with van der Waals surface area (Å²) < 4.78 is 49.6. The topological polar surface area (TPSA) is 213 Å². The lowest BCUT2D eigenvalue weighted by Crippen LogP contribution is -2.08. The molecule has 12 rings (SSSR count). The first kappa shape index (κ1) is 50.3. The highest BCUT2D eigenvalue weighted by Crippen LogP contribution is 2.45. The first-order valence-corrected chi connectivity index (χ1v) is 25.0. The predicted molar refractivity (Wildman–Crippen MR) is 303 cm³/mol. The van der Waals surface area contributed by atoms with Crippen LogP contribution in [-0.2, 0) is 6.18 Å². The van der Waals surface area contributed by atoms with Crippen molar-refractivity contribution in [1.29, 1.82) is 42.1 Å². The Balaban J connectivity index is 1.14. The van der Waals surface area contributed by atoms with Crippen molar-refractivity contribution < 1.29 is 13.2 Å². The van der Waals surface area contributed by atoms with Gasteiger partial charge in [-0.1, -0.05) is 24.3 Å². The van der Waals surface area contributed by atoms with E-state index in [1.54, 1.807) is 60.8 Å². The third kappa shape index (κ3) is 8.66. The molecule has 0 atom stereocenters. The molecule has 82 heavy (non-hydrogen) atoms. The van der Waals surface area contributed by atoms with E-state index in [4.69, 9.17) is 0 Å². The molecule has 0 aliphatic heterocycles. The molecule has 0 amide bonds. The van der Waals surface area contributed by atoms with Gasteiger partial charge in [-0.2, -0.15) is 55.3 Å². The van der Waals surface area contributed by atoms with Crippen LogP contribution >= 0.6 is 0 Å². The van der Waals surface area contributed by atoms with Gasteiger partial charge in [0.1, 0.15) is 0 Å². The van der Waals surface area contributed by atoms with Gasteiger partial charge in [-0.05, 0) is 190 Å². The Hall–Kier alpha value is -12.6. The second-order valence-corrected chi connectivity index (χ2v) is 19.3.